The number of carbonyl (C=O) groups excluding carboxylic acids is 2. The summed E-state index contributed by atoms with van der Waals surface area (Å²) in [4.78, 5) is 26.4. The summed E-state index contributed by atoms with van der Waals surface area (Å²) in [6, 6.07) is -0.392. The molecule has 4 heteroatoms. The molecular formula is C16H29NO3. The Hall–Kier alpha value is -1.06. The number of likely N-dealkylation sites (tertiary alicyclic amines) is 1. The van der Waals surface area contributed by atoms with Gasteiger partial charge in [-0.1, -0.05) is 20.8 Å². The third kappa shape index (κ3) is 4.80. The standard InChI is InChI=1S/C16H29NO3/c1-11(2)10-12(3)14(18)17-9-7-8-13(17)15(19)20-16(4,5)6/h11-13H,7-10H2,1-6H3/t12?,13-/m0/s1. The first-order chi connectivity index (χ1) is 9.11. The molecule has 1 amide bonds. The first-order valence-corrected chi connectivity index (χ1v) is 7.65. The first kappa shape index (κ1) is 17.0. The Kier molecular flexibility index (Phi) is 5.60. The zero-order valence-electron chi connectivity index (χ0n) is 13.7. The zero-order valence-corrected chi connectivity index (χ0v) is 13.7. The Balaban J connectivity index is 2.69. The Morgan fingerprint density at radius 1 is 1.25 bits per heavy atom. The number of esters is 1. The van der Waals surface area contributed by atoms with Crippen LogP contribution in [0.4, 0.5) is 0 Å². The maximum Gasteiger partial charge on any atom is 0.329 e. The second kappa shape index (κ2) is 6.59. The summed E-state index contributed by atoms with van der Waals surface area (Å²) in [5, 5.41) is 0. The second-order valence-corrected chi connectivity index (χ2v) is 7.25. The Morgan fingerprint density at radius 3 is 2.35 bits per heavy atom. The van der Waals surface area contributed by atoms with Crippen LogP contribution in [0.3, 0.4) is 0 Å². The summed E-state index contributed by atoms with van der Waals surface area (Å²) in [5.74, 6) is 0.279. The lowest BCUT2D eigenvalue weighted by Crippen LogP contribution is -2.45. The minimum absolute atomic E-state index is 0.0296. The van der Waals surface area contributed by atoms with Gasteiger partial charge in [0, 0.05) is 12.5 Å². The van der Waals surface area contributed by atoms with Crippen LogP contribution in [0, 0.1) is 11.8 Å². The molecule has 20 heavy (non-hydrogen) atoms. The van der Waals surface area contributed by atoms with Gasteiger partial charge in [-0.3, -0.25) is 4.79 Å². The fraction of sp³-hybridized carbons (Fsp3) is 0.875. The lowest BCUT2D eigenvalue weighted by Gasteiger charge is -2.29. The van der Waals surface area contributed by atoms with Gasteiger partial charge < -0.3 is 9.64 Å². The number of rotatable bonds is 4. The predicted molar refractivity (Wildman–Crippen MR) is 79.2 cm³/mol. The third-order valence-corrected chi connectivity index (χ3v) is 3.46. The molecule has 0 aliphatic carbocycles. The molecule has 0 bridgehead atoms. The molecule has 1 aliphatic heterocycles. The lowest BCUT2D eigenvalue weighted by molar-refractivity contribution is -0.164. The Bertz CT molecular complexity index is 357. The minimum atomic E-state index is -0.502. The van der Waals surface area contributed by atoms with E-state index in [-0.39, 0.29) is 17.8 Å². The van der Waals surface area contributed by atoms with Gasteiger partial charge in [0.05, 0.1) is 0 Å². The topological polar surface area (TPSA) is 46.6 Å². The van der Waals surface area contributed by atoms with Gasteiger partial charge in [-0.2, -0.15) is 0 Å². The zero-order chi connectivity index (χ0) is 15.5. The van der Waals surface area contributed by atoms with E-state index in [1.807, 2.05) is 27.7 Å². The molecule has 0 spiro atoms. The monoisotopic (exact) mass is 283 g/mol. The number of amides is 1. The van der Waals surface area contributed by atoms with Crippen molar-refractivity contribution in [1.29, 1.82) is 0 Å². The third-order valence-electron chi connectivity index (χ3n) is 3.46. The molecule has 2 atom stereocenters. The maximum atomic E-state index is 12.5. The van der Waals surface area contributed by atoms with Crippen molar-refractivity contribution in [2.24, 2.45) is 11.8 Å². The number of ether oxygens (including phenoxy) is 1. The summed E-state index contributed by atoms with van der Waals surface area (Å²) < 4.78 is 5.43. The normalized spacial score (nSPS) is 21.1. The van der Waals surface area contributed by atoms with Crippen LogP contribution in [0.1, 0.15) is 60.8 Å². The van der Waals surface area contributed by atoms with E-state index in [1.54, 1.807) is 4.90 Å². The van der Waals surface area contributed by atoms with E-state index < -0.39 is 11.6 Å². The van der Waals surface area contributed by atoms with Gasteiger partial charge in [-0.25, -0.2) is 4.79 Å². The quantitative estimate of drug-likeness (QED) is 0.745. The van der Waals surface area contributed by atoms with Crippen molar-refractivity contribution in [3.8, 4) is 0 Å². The van der Waals surface area contributed by atoms with Crippen molar-refractivity contribution in [3.63, 3.8) is 0 Å². The van der Waals surface area contributed by atoms with Crippen LogP contribution >= 0.6 is 0 Å². The van der Waals surface area contributed by atoms with Gasteiger partial charge in [0.15, 0.2) is 0 Å². The molecule has 116 valence electrons. The highest BCUT2D eigenvalue weighted by Gasteiger charge is 2.38. The van der Waals surface area contributed by atoms with Gasteiger partial charge in [-0.15, -0.1) is 0 Å². The molecular weight excluding hydrogens is 254 g/mol. The van der Waals surface area contributed by atoms with E-state index in [0.29, 0.717) is 12.5 Å². The highest BCUT2D eigenvalue weighted by atomic mass is 16.6. The van der Waals surface area contributed by atoms with E-state index in [9.17, 15) is 9.59 Å². The molecule has 0 N–H and O–H groups in total. The Morgan fingerprint density at radius 2 is 1.85 bits per heavy atom. The van der Waals surface area contributed by atoms with E-state index in [1.165, 1.54) is 0 Å². The molecule has 1 rings (SSSR count). The average Bonchev–Trinajstić information content (AvgIpc) is 2.73. The predicted octanol–water partition coefficient (Wildman–Crippen LogP) is 3.00. The smallest absolute Gasteiger partial charge is 0.329 e. The largest absolute Gasteiger partial charge is 0.458 e. The molecule has 1 heterocycles. The van der Waals surface area contributed by atoms with Crippen LogP contribution in [-0.4, -0.2) is 35.0 Å². The lowest BCUT2D eigenvalue weighted by atomic mass is 9.97. The van der Waals surface area contributed by atoms with Gasteiger partial charge >= 0.3 is 5.97 Å². The summed E-state index contributed by atoms with van der Waals surface area (Å²) in [5.41, 5.74) is -0.502. The Labute approximate surface area is 122 Å². The average molecular weight is 283 g/mol. The summed E-state index contributed by atoms with van der Waals surface area (Å²) >= 11 is 0. The summed E-state index contributed by atoms with van der Waals surface area (Å²) in [6.45, 7) is 12.4. The van der Waals surface area contributed by atoms with Gasteiger partial charge in [0.2, 0.25) is 5.91 Å². The van der Waals surface area contributed by atoms with Crippen molar-refractivity contribution >= 4 is 11.9 Å². The first-order valence-electron chi connectivity index (χ1n) is 7.65. The van der Waals surface area contributed by atoms with E-state index in [4.69, 9.17) is 4.74 Å². The molecule has 4 nitrogen and oxygen atoms in total. The second-order valence-electron chi connectivity index (χ2n) is 7.25. The summed E-state index contributed by atoms with van der Waals surface area (Å²) in [7, 11) is 0. The van der Waals surface area contributed by atoms with Crippen LogP contribution in [-0.2, 0) is 14.3 Å². The summed E-state index contributed by atoms with van der Waals surface area (Å²) in [6.07, 6.45) is 2.45. The van der Waals surface area contributed by atoms with Crippen molar-refractivity contribution in [3.05, 3.63) is 0 Å². The fourth-order valence-electron chi connectivity index (χ4n) is 2.74. The molecule has 0 aromatic rings. The molecule has 0 aromatic carbocycles. The molecule has 1 fully saturated rings. The van der Waals surface area contributed by atoms with Crippen molar-refractivity contribution in [1.82, 2.24) is 4.90 Å². The fourth-order valence-corrected chi connectivity index (χ4v) is 2.74. The highest BCUT2D eigenvalue weighted by molar-refractivity contribution is 5.86. The minimum Gasteiger partial charge on any atom is -0.458 e. The van der Waals surface area contributed by atoms with E-state index in [0.717, 1.165) is 19.3 Å². The van der Waals surface area contributed by atoms with Crippen LogP contribution < -0.4 is 0 Å². The number of nitrogens with zero attached hydrogens (tertiary/aromatic N) is 1. The van der Waals surface area contributed by atoms with Crippen molar-refractivity contribution in [2.75, 3.05) is 6.54 Å². The maximum absolute atomic E-state index is 12.5. The van der Waals surface area contributed by atoms with Crippen LogP contribution in [0.25, 0.3) is 0 Å². The van der Waals surface area contributed by atoms with Crippen LogP contribution in [0.5, 0.6) is 0 Å². The molecule has 1 aliphatic rings. The molecule has 0 radical (unpaired) electrons. The van der Waals surface area contributed by atoms with Gasteiger partial charge in [0.1, 0.15) is 11.6 Å². The van der Waals surface area contributed by atoms with Crippen molar-refractivity contribution in [2.45, 2.75) is 72.4 Å². The number of hydrogen-bond acceptors (Lipinski definition) is 3. The van der Waals surface area contributed by atoms with Crippen LogP contribution in [0.15, 0.2) is 0 Å². The molecule has 0 saturated carbocycles. The van der Waals surface area contributed by atoms with Crippen molar-refractivity contribution < 1.29 is 14.3 Å². The molecule has 1 unspecified atom stereocenters. The molecule has 0 aromatic heterocycles. The number of hydrogen-bond donors (Lipinski definition) is 0. The van der Waals surface area contributed by atoms with Gasteiger partial charge in [-0.05, 0) is 46.0 Å². The van der Waals surface area contributed by atoms with E-state index in [2.05, 4.69) is 13.8 Å². The number of carbonyl (C=O) groups is 2. The molecule has 1 saturated heterocycles. The van der Waals surface area contributed by atoms with E-state index >= 15 is 0 Å². The highest BCUT2D eigenvalue weighted by Crippen LogP contribution is 2.24. The van der Waals surface area contributed by atoms with Crippen LogP contribution in [0.2, 0.25) is 0 Å². The van der Waals surface area contributed by atoms with Gasteiger partial charge in [0.25, 0.3) is 0 Å². The SMILES string of the molecule is CC(C)CC(C)C(=O)N1CCC[C@H]1C(=O)OC(C)(C)C.